The third-order valence-corrected chi connectivity index (χ3v) is 7.50. The molecule has 3 aliphatic rings. The molecule has 5 rings (SSSR count). The minimum Gasteiger partial charge on any atom is -0.393 e. The van der Waals surface area contributed by atoms with Gasteiger partial charge in [-0.1, -0.05) is 0 Å². The Hall–Kier alpha value is -2.46. The zero-order valence-corrected chi connectivity index (χ0v) is 18.9. The molecule has 1 amide bonds. The van der Waals surface area contributed by atoms with E-state index in [0.29, 0.717) is 23.4 Å². The summed E-state index contributed by atoms with van der Waals surface area (Å²) in [6.45, 7) is 1.53. The first kappa shape index (κ1) is 23.3. The molecule has 0 bridgehead atoms. The van der Waals surface area contributed by atoms with Crippen LogP contribution in [-0.2, 0) is 11.0 Å². The molecule has 1 aromatic heterocycles. The lowest BCUT2D eigenvalue weighted by molar-refractivity contribution is -0.137. The molecule has 1 aliphatic heterocycles. The van der Waals surface area contributed by atoms with E-state index in [4.69, 9.17) is 0 Å². The fourth-order valence-electron chi connectivity index (χ4n) is 5.35. The number of likely N-dealkylation sites (tertiary alicyclic amines) is 1. The molecule has 2 aromatic rings. The van der Waals surface area contributed by atoms with Gasteiger partial charge in [-0.3, -0.25) is 9.69 Å². The summed E-state index contributed by atoms with van der Waals surface area (Å²) in [5.74, 6) is 0.953. The van der Waals surface area contributed by atoms with Crippen molar-refractivity contribution in [3.8, 4) is 0 Å². The molecular formula is C24H30F3N5O2. The Bertz CT molecular complexity index is 1030. The number of aromatic nitrogens is 2. The number of nitrogens with one attached hydrogen (secondary N) is 2. The van der Waals surface area contributed by atoms with Crippen LogP contribution < -0.4 is 10.6 Å². The van der Waals surface area contributed by atoms with Gasteiger partial charge >= 0.3 is 6.18 Å². The van der Waals surface area contributed by atoms with Crippen LogP contribution in [0.1, 0.15) is 44.1 Å². The number of fused-ring (bicyclic) bond motifs is 1. The molecule has 0 radical (unpaired) electrons. The lowest BCUT2D eigenvalue weighted by atomic mass is 9.80. The van der Waals surface area contributed by atoms with Crippen LogP contribution in [0.3, 0.4) is 0 Å². The third-order valence-electron chi connectivity index (χ3n) is 7.50. The number of hydrogen-bond acceptors (Lipinski definition) is 6. The lowest BCUT2D eigenvalue weighted by Gasteiger charge is -2.47. The average molecular weight is 478 g/mol. The molecule has 184 valence electrons. The van der Waals surface area contributed by atoms with Gasteiger partial charge in [-0.05, 0) is 68.6 Å². The molecule has 7 nitrogen and oxygen atoms in total. The maximum Gasteiger partial charge on any atom is 0.416 e. The van der Waals surface area contributed by atoms with Gasteiger partial charge < -0.3 is 15.7 Å². The number of carbonyl (C=O) groups is 1. The summed E-state index contributed by atoms with van der Waals surface area (Å²) in [5, 5.41) is 16.4. The Morgan fingerprint density at radius 3 is 2.41 bits per heavy atom. The van der Waals surface area contributed by atoms with E-state index in [9.17, 15) is 23.1 Å². The highest BCUT2D eigenvalue weighted by Gasteiger charge is 2.40. The summed E-state index contributed by atoms with van der Waals surface area (Å²) >= 11 is 0. The number of amides is 1. The van der Waals surface area contributed by atoms with Crippen LogP contribution in [0.2, 0.25) is 0 Å². The Balaban J connectivity index is 1.08. The van der Waals surface area contributed by atoms with E-state index in [1.54, 1.807) is 0 Å². The molecule has 1 saturated heterocycles. The van der Waals surface area contributed by atoms with Crippen LogP contribution in [0.5, 0.6) is 0 Å². The summed E-state index contributed by atoms with van der Waals surface area (Å²) in [4.78, 5) is 22.8. The first-order valence-corrected chi connectivity index (χ1v) is 12.1. The van der Waals surface area contributed by atoms with Gasteiger partial charge in [-0.2, -0.15) is 13.2 Å². The number of rotatable bonds is 7. The van der Waals surface area contributed by atoms with Crippen molar-refractivity contribution in [3.05, 3.63) is 30.1 Å². The molecule has 1 unspecified atom stereocenters. The first-order chi connectivity index (χ1) is 16.3. The van der Waals surface area contributed by atoms with Gasteiger partial charge in [0.05, 0.1) is 29.8 Å². The second-order valence-corrected chi connectivity index (χ2v) is 9.92. The number of aliphatic hydroxyl groups is 1. The zero-order chi connectivity index (χ0) is 23.9. The van der Waals surface area contributed by atoms with Crippen molar-refractivity contribution < 1.29 is 23.1 Å². The minimum absolute atomic E-state index is 0.0723. The van der Waals surface area contributed by atoms with Crippen molar-refractivity contribution in [2.24, 2.45) is 11.8 Å². The van der Waals surface area contributed by atoms with Gasteiger partial charge in [0.1, 0.15) is 12.1 Å². The van der Waals surface area contributed by atoms with Gasteiger partial charge in [0.2, 0.25) is 5.91 Å². The van der Waals surface area contributed by atoms with Crippen LogP contribution in [-0.4, -0.2) is 63.7 Å². The topological polar surface area (TPSA) is 90.4 Å². The lowest BCUT2D eigenvalue weighted by Crippen LogP contribution is -2.63. The number of aliphatic hydroxyl groups excluding tert-OH is 1. The van der Waals surface area contributed by atoms with Crippen molar-refractivity contribution in [3.63, 3.8) is 0 Å². The Labute approximate surface area is 196 Å². The molecular weight excluding hydrogens is 447 g/mol. The fourth-order valence-corrected chi connectivity index (χ4v) is 5.35. The second kappa shape index (κ2) is 9.30. The van der Waals surface area contributed by atoms with Gasteiger partial charge in [-0.25, -0.2) is 9.97 Å². The highest BCUT2D eigenvalue weighted by molar-refractivity contribution is 5.91. The van der Waals surface area contributed by atoms with E-state index in [0.717, 1.165) is 50.9 Å². The highest BCUT2D eigenvalue weighted by atomic mass is 19.4. The summed E-state index contributed by atoms with van der Waals surface area (Å²) in [6.07, 6.45) is 3.35. The van der Waals surface area contributed by atoms with Crippen LogP contribution in [0.25, 0.3) is 10.9 Å². The van der Waals surface area contributed by atoms with Gasteiger partial charge in [0.25, 0.3) is 0 Å². The molecule has 3 fully saturated rings. The fraction of sp³-hybridized carbons (Fsp3) is 0.625. The molecule has 2 heterocycles. The Kier molecular flexibility index (Phi) is 6.37. The van der Waals surface area contributed by atoms with Crippen LogP contribution >= 0.6 is 0 Å². The minimum atomic E-state index is -4.47. The maximum atomic E-state index is 13.1. The SMILES string of the molecule is O=C(CNc1ncnc2ccc(C(F)(F)F)cc12)NC1CN([C@H]2CC[C@@H](C(O)C3CC3)CC2)C1. The largest absolute Gasteiger partial charge is 0.416 e. The summed E-state index contributed by atoms with van der Waals surface area (Å²) in [7, 11) is 0. The van der Waals surface area contributed by atoms with Gasteiger partial charge in [-0.15, -0.1) is 0 Å². The van der Waals surface area contributed by atoms with E-state index in [2.05, 4.69) is 25.5 Å². The Morgan fingerprint density at radius 1 is 1.09 bits per heavy atom. The summed E-state index contributed by atoms with van der Waals surface area (Å²) in [6, 6.07) is 3.87. The van der Waals surface area contributed by atoms with Crippen molar-refractivity contribution in [1.29, 1.82) is 0 Å². The van der Waals surface area contributed by atoms with E-state index >= 15 is 0 Å². The van der Waals surface area contributed by atoms with E-state index < -0.39 is 11.7 Å². The average Bonchev–Trinajstić information content (AvgIpc) is 3.64. The molecule has 34 heavy (non-hydrogen) atoms. The van der Waals surface area contributed by atoms with Crippen molar-refractivity contribution in [1.82, 2.24) is 20.2 Å². The van der Waals surface area contributed by atoms with Gasteiger partial charge in [0.15, 0.2) is 0 Å². The van der Waals surface area contributed by atoms with Crippen molar-refractivity contribution >= 4 is 22.6 Å². The first-order valence-electron chi connectivity index (χ1n) is 12.1. The van der Waals surface area contributed by atoms with Crippen LogP contribution in [0.4, 0.5) is 19.0 Å². The molecule has 2 aliphatic carbocycles. The van der Waals surface area contributed by atoms with E-state index in [1.165, 1.54) is 25.2 Å². The monoisotopic (exact) mass is 477 g/mol. The molecule has 1 aromatic carbocycles. The van der Waals surface area contributed by atoms with Gasteiger partial charge in [0, 0.05) is 24.5 Å². The van der Waals surface area contributed by atoms with Crippen molar-refractivity contribution in [2.75, 3.05) is 25.0 Å². The number of halogens is 3. The molecule has 1 atom stereocenters. The summed E-state index contributed by atoms with van der Waals surface area (Å²) in [5.41, 5.74) is -0.409. The smallest absolute Gasteiger partial charge is 0.393 e. The molecule has 0 spiro atoms. The molecule has 2 saturated carbocycles. The Morgan fingerprint density at radius 2 is 1.76 bits per heavy atom. The number of hydrogen-bond donors (Lipinski definition) is 3. The van der Waals surface area contributed by atoms with E-state index in [1.807, 2.05) is 0 Å². The number of anilines is 1. The number of carbonyl (C=O) groups excluding carboxylic acids is 1. The zero-order valence-electron chi connectivity index (χ0n) is 18.9. The maximum absolute atomic E-state index is 13.1. The van der Waals surface area contributed by atoms with Crippen molar-refractivity contribution in [2.45, 2.75) is 62.9 Å². The second-order valence-electron chi connectivity index (χ2n) is 9.92. The normalized spacial score (nSPS) is 25.1. The van der Waals surface area contributed by atoms with Crippen LogP contribution in [0.15, 0.2) is 24.5 Å². The highest BCUT2D eigenvalue weighted by Crippen LogP contribution is 2.41. The summed E-state index contributed by atoms with van der Waals surface area (Å²) < 4.78 is 39.2. The number of benzene rings is 1. The predicted molar refractivity (Wildman–Crippen MR) is 121 cm³/mol. The standard InChI is InChI=1S/C24H30F3N5O2/c25-24(26,27)16-5-8-20-19(9-16)23(30-13-29-20)28-10-21(33)31-17-11-32(12-17)18-6-3-15(4-7-18)22(34)14-1-2-14/h5,8-9,13-15,17-18,22,34H,1-4,6-7,10-12H2,(H,31,33)(H,28,29,30)/t15-,18+,22?. The quantitative estimate of drug-likeness (QED) is 0.568. The molecule has 3 N–H and O–H groups in total. The van der Waals surface area contributed by atoms with E-state index in [-0.39, 0.29) is 35.8 Å². The van der Waals surface area contributed by atoms with Crippen LogP contribution in [0, 0.1) is 11.8 Å². The third kappa shape index (κ3) is 5.12. The molecule has 10 heteroatoms. The number of alkyl halides is 3. The predicted octanol–water partition coefficient (Wildman–Crippen LogP) is 3.19. The number of nitrogens with zero attached hydrogens (tertiary/aromatic N) is 3.